The van der Waals surface area contributed by atoms with Crippen LogP contribution >= 0.6 is 0 Å². The van der Waals surface area contributed by atoms with Gasteiger partial charge in [-0.15, -0.1) is 0 Å². The molecule has 0 spiro atoms. The molecule has 0 saturated carbocycles. The van der Waals surface area contributed by atoms with Gasteiger partial charge in [0.25, 0.3) is 0 Å². The summed E-state index contributed by atoms with van der Waals surface area (Å²) in [5, 5.41) is 7.12. The molecular weight excluding hydrogens is 396 g/mol. The Morgan fingerprint density at radius 2 is 2.10 bits per heavy atom. The zero-order valence-corrected chi connectivity index (χ0v) is 19.2. The highest BCUT2D eigenvalue weighted by molar-refractivity contribution is 6.11. The number of pyridine rings is 1. The van der Waals surface area contributed by atoms with Gasteiger partial charge in [-0.25, -0.2) is 9.78 Å². The number of nitrogens with one attached hydrogen (secondary N) is 2. The van der Waals surface area contributed by atoms with Gasteiger partial charge >= 0.3 is 5.97 Å². The van der Waals surface area contributed by atoms with Crippen LogP contribution in [0.4, 0.5) is 11.4 Å². The second-order valence-corrected chi connectivity index (χ2v) is 8.31. The molecule has 31 heavy (non-hydrogen) atoms. The second-order valence-electron chi connectivity index (χ2n) is 8.31. The molecule has 8 heteroatoms. The molecule has 8 nitrogen and oxygen atoms in total. The predicted molar refractivity (Wildman–Crippen MR) is 122 cm³/mol. The molecule has 1 fully saturated rings. The summed E-state index contributed by atoms with van der Waals surface area (Å²) < 4.78 is 12.7. The minimum absolute atomic E-state index is 0.00293. The number of fused-ring (bicyclic) bond motifs is 1. The van der Waals surface area contributed by atoms with Gasteiger partial charge in [-0.2, -0.15) is 0 Å². The van der Waals surface area contributed by atoms with Gasteiger partial charge in [0.2, 0.25) is 5.91 Å². The number of anilines is 2. The number of nitrogens with zero attached hydrogens (tertiary/aromatic N) is 2. The van der Waals surface area contributed by atoms with Gasteiger partial charge in [0, 0.05) is 24.0 Å². The average Bonchev–Trinajstić information content (AvgIpc) is 3.39. The van der Waals surface area contributed by atoms with E-state index < -0.39 is 5.97 Å². The number of amides is 1. The molecule has 0 radical (unpaired) electrons. The van der Waals surface area contributed by atoms with E-state index in [9.17, 15) is 9.59 Å². The Morgan fingerprint density at radius 3 is 2.71 bits per heavy atom. The Hall–Kier alpha value is -2.61. The van der Waals surface area contributed by atoms with Gasteiger partial charge in [0.15, 0.2) is 5.69 Å². The standard InChI is InChI=1S/C23H34N4O4/c1-6-14(3)22(28)26-19-18-11-16(25-15(4)7-2)12-24-21(18)27(20(19)23(29)30-5)13-17-9-8-10-31-17/h11-12,14-15,17,25H,6-10,13H2,1-5H3,(H,26,28)/t14-,15-,17+/m0/s1. The molecule has 3 atom stereocenters. The third kappa shape index (κ3) is 5.01. The summed E-state index contributed by atoms with van der Waals surface area (Å²) in [5.74, 6) is -0.826. The van der Waals surface area contributed by atoms with E-state index in [2.05, 4.69) is 29.5 Å². The summed E-state index contributed by atoms with van der Waals surface area (Å²) in [6, 6.07) is 2.21. The number of methoxy groups -OCH3 is 1. The van der Waals surface area contributed by atoms with Crippen LogP contribution in [0, 0.1) is 5.92 Å². The van der Waals surface area contributed by atoms with Crippen LogP contribution in [0.3, 0.4) is 0 Å². The van der Waals surface area contributed by atoms with Crippen molar-refractivity contribution in [2.75, 3.05) is 24.4 Å². The van der Waals surface area contributed by atoms with Gasteiger partial charge in [-0.05, 0) is 38.7 Å². The summed E-state index contributed by atoms with van der Waals surface area (Å²) in [6.07, 6.45) is 5.34. The number of carbonyl (C=O) groups is 2. The van der Waals surface area contributed by atoms with Crippen molar-refractivity contribution in [2.45, 2.75) is 72.1 Å². The van der Waals surface area contributed by atoms with E-state index in [1.54, 1.807) is 6.20 Å². The molecule has 170 valence electrons. The van der Waals surface area contributed by atoms with Crippen LogP contribution < -0.4 is 10.6 Å². The van der Waals surface area contributed by atoms with Gasteiger partial charge in [-0.1, -0.05) is 20.8 Å². The summed E-state index contributed by atoms with van der Waals surface area (Å²) in [5.41, 5.74) is 2.22. The number of esters is 1. The van der Waals surface area contributed by atoms with Gasteiger partial charge in [0.05, 0.1) is 37.3 Å². The van der Waals surface area contributed by atoms with Crippen molar-refractivity contribution in [3.63, 3.8) is 0 Å². The monoisotopic (exact) mass is 430 g/mol. The number of ether oxygens (including phenoxy) is 2. The van der Waals surface area contributed by atoms with Crippen molar-refractivity contribution in [1.29, 1.82) is 0 Å². The van der Waals surface area contributed by atoms with Crippen LogP contribution in [0.2, 0.25) is 0 Å². The average molecular weight is 431 g/mol. The molecule has 0 aromatic carbocycles. The third-order valence-electron chi connectivity index (χ3n) is 6.02. The Labute approximate surface area is 183 Å². The highest BCUT2D eigenvalue weighted by Gasteiger charge is 2.29. The largest absolute Gasteiger partial charge is 0.464 e. The molecule has 0 aliphatic carbocycles. The topological polar surface area (TPSA) is 94.5 Å². The van der Waals surface area contributed by atoms with Crippen LogP contribution in [0.5, 0.6) is 0 Å². The van der Waals surface area contributed by atoms with Crippen molar-refractivity contribution in [3.05, 3.63) is 18.0 Å². The quantitative estimate of drug-likeness (QED) is 0.579. The lowest BCUT2D eigenvalue weighted by atomic mass is 10.1. The molecule has 1 saturated heterocycles. The van der Waals surface area contributed by atoms with Gasteiger partial charge in [0.1, 0.15) is 5.65 Å². The zero-order chi connectivity index (χ0) is 22.5. The summed E-state index contributed by atoms with van der Waals surface area (Å²) in [4.78, 5) is 30.3. The number of rotatable bonds is 9. The highest BCUT2D eigenvalue weighted by Crippen LogP contribution is 2.34. The van der Waals surface area contributed by atoms with Crippen molar-refractivity contribution in [2.24, 2.45) is 5.92 Å². The molecule has 0 bridgehead atoms. The van der Waals surface area contributed by atoms with E-state index in [0.717, 1.165) is 24.9 Å². The van der Waals surface area contributed by atoms with Crippen molar-refractivity contribution in [3.8, 4) is 0 Å². The second kappa shape index (κ2) is 10.1. The van der Waals surface area contributed by atoms with Crippen LogP contribution in [0.25, 0.3) is 11.0 Å². The maximum atomic E-state index is 12.8. The maximum absolute atomic E-state index is 12.8. The first-order chi connectivity index (χ1) is 14.9. The Bertz CT molecular complexity index is 933. The number of carbonyl (C=O) groups excluding carboxylic acids is 2. The van der Waals surface area contributed by atoms with E-state index in [-0.39, 0.29) is 24.0 Å². The normalized spacial score (nSPS) is 18.0. The van der Waals surface area contributed by atoms with Crippen LogP contribution in [-0.4, -0.2) is 47.3 Å². The summed E-state index contributed by atoms with van der Waals surface area (Å²) in [7, 11) is 1.35. The van der Waals surface area contributed by atoms with Gasteiger partial charge in [-0.3, -0.25) is 4.79 Å². The Kier molecular flexibility index (Phi) is 7.54. The molecular formula is C23H34N4O4. The molecule has 0 unspecified atom stereocenters. The lowest BCUT2D eigenvalue weighted by Gasteiger charge is -2.15. The Balaban J connectivity index is 2.16. The van der Waals surface area contributed by atoms with E-state index in [4.69, 9.17) is 9.47 Å². The van der Waals surface area contributed by atoms with E-state index in [1.165, 1.54) is 7.11 Å². The first-order valence-corrected chi connectivity index (χ1v) is 11.2. The zero-order valence-electron chi connectivity index (χ0n) is 19.2. The van der Waals surface area contributed by atoms with Crippen molar-refractivity contribution >= 4 is 34.3 Å². The first-order valence-electron chi connectivity index (χ1n) is 11.2. The lowest BCUT2D eigenvalue weighted by Crippen LogP contribution is -2.23. The van der Waals surface area contributed by atoms with Crippen molar-refractivity contribution in [1.82, 2.24) is 9.55 Å². The SMILES string of the molecule is CC[C@H](C)Nc1cnc2c(c1)c(NC(=O)[C@@H](C)CC)c(C(=O)OC)n2C[C@H]1CCCO1. The first kappa shape index (κ1) is 23.1. The summed E-state index contributed by atoms with van der Waals surface area (Å²) >= 11 is 0. The minimum atomic E-state index is -0.508. The molecule has 1 aliphatic heterocycles. The smallest absolute Gasteiger partial charge is 0.356 e. The van der Waals surface area contributed by atoms with Crippen LogP contribution in [-0.2, 0) is 20.8 Å². The lowest BCUT2D eigenvalue weighted by molar-refractivity contribution is -0.119. The molecule has 2 N–H and O–H groups in total. The van der Waals surface area contributed by atoms with E-state index in [0.29, 0.717) is 42.0 Å². The molecule has 2 aromatic rings. The number of aromatic nitrogens is 2. The maximum Gasteiger partial charge on any atom is 0.356 e. The fourth-order valence-corrected chi connectivity index (χ4v) is 3.73. The highest BCUT2D eigenvalue weighted by atomic mass is 16.5. The number of hydrogen-bond donors (Lipinski definition) is 2. The van der Waals surface area contributed by atoms with Crippen LogP contribution in [0.1, 0.15) is 63.9 Å². The van der Waals surface area contributed by atoms with Crippen LogP contribution in [0.15, 0.2) is 12.3 Å². The number of hydrogen-bond acceptors (Lipinski definition) is 6. The van der Waals surface area contributed by atoms with Gasteiger partial charge < -0.3 is 24.7 Å². The molecule has 2 aromatic heterocycles. The minimum Gasteiger partial charge on any atom is -0.464 e. The van der Waals surface area contributed by atoms with Crippen molar-refractivity contribution < 1.29 is 19.1 Å². The van der Waals surface area contributed by atoms with E-state index >= 15 is 0 Å². The summed E-state index contributed by atoms with van der Waals surface area (Å²) in [6.45, 7) is 9.22. The molecule has 3 heterocycles. The Morgan fingerprint density at radius 1 is 1.32 bits per heavy atom. The molecule has 1 aliphatic rings. The molecule has 3 rings (SSSR count). The third-order valence-corrected chi connectivity index (χ3v) is 6.02. The fraction of sp³-hybridized carbons (Fsp3) is 0.609. The van der Waals surface area contributed by atoms with E-state index in [1.807, 2.05) is 24.5 Å². The fourth-order valence-electron chi connectivity index (χ4n) is 3.73. The molecule has 1 amide bonds. The predicted octanol–water partition coefficient (Wildman–Crippen LogP) is 4.20.